The maximum Gasteiger partial charge on any atom is 0.185 e. The second-order valence-electron chi connectivity index (χ2n) is 3.69. The minimum atomic E-state index is 0. The highest BCUT2D eigenvalue weighted by Gasteiger charge is 2.03. The lowest BCUT2D eigenvalue weighted by Crippen LogP contribution is -2.10. The summed E-state index contributed by atoms with van der Waals surface area (Å²) in [6.45, 7) is 1.83. The minimum Gasteiger partial charge on any atom is -0.354 e. The lowest BCUT2D eigenvalue weighted by molar-refractivity contribution is 0.708. The van der Waals surface area contributed by atoms with Crippen LogP contribution in [0, 0.1) is 0 Å². The summed E-state index contributed by atoms with van der Waals surface area (Å²) in [6, 6.07) is 4.23. The van der Waals surface area contributed by atoms with E-state index < -0.39 is 0 Å². The van der Waals surface area contributed by atoms with Crippen molar-refractivity contribution in [3.63, 3.8) is 0 Å². The topological polar surface area (TPSA) is 28.2 Å². The van der Waals surface area contributed by atoms with Crippen molar-refractivity contribution in [2.75, 3.05) is 19.0 Å². The zero-order valence-corrected chi connectivity index (χ0v) is 12.3. The molecule has 6 heteroatoms. The number of aromatic nitrogens is 1. The zero-order valence-electron chi connectivity index (χ0n) is 9.84. The standard InChI is InChI=1S/C11H15N3S2.ClH/c1-14(2)11-13-8-10(16-11)7-12-6-9-4-3-5-15-9;/h3-5,8,12H,6-7H2,1-2H3;1H. The molecule has 0 saturated heterocycles. The van der Waals surface area contributed by atoms with Crippen LogP contribution in [0.3, 0.4) is 0 Å². The third-order valence-corrected chi connectivity index (χ3v) is 4.14. The molecule has 2 aromatic heterocycles. The molecule has 2 aromatic rings. The summed E-state index contributed by atoms with van der Waals surface area (Å²) < 4.78 is 0. The van der Waals surface area contributed by atoms with E-state index in [-0.39, 0.29) is 12.4 Å². The van der Waals surface area contributed by atoms with Gasteiger partial charge in [-0.2, -0.15) is 0 Å². The summed E-state index contributed by atoms with van der Waals surface area (Å²) >= 11 is 3.52. The lowest BCUT2D eigenvalue weighted by atomic mass is 10.4. The second kappa shape index (κ2) is 6.96. The Morgan fingerprint density at radius 3 is 2.65 bits per heavy atom. The predicted molar refractivity (Wildman–Crippen MR) is 78.6 cm³/mol. The Kier molecular flexibility index (Phi) is 5.91. The first kappa shape index (κ1) is 14.4. The summed E-state index contributed by atoms with van der Waals surface area (Å²) in [5.74, 6) is 0. The maximum atomic E-state index is 4.34. The summed E-state index contributed by atoms with van der Waals surface area (Å²) in [5.41, 5.74) is 0. The van der Waals surface area contributed by atoms with Crippen molar-refractivity contribution in [1.82, 2.24) is 10.3 Å². The summed E-state index contributed by atoms with van der Waals surface area (Å²) in [7, 11) is 4.03. The van der Waals surface area contributed by atoms with Gasteiger partial charge in [0.1, 0.15) is 0 Å². The number of thiazole rings is 1. The number of halogens is 1. The van der Waals surface area contributed by atoms with Gasteiger partial charge in [0.15, 0.2) is 5.13 Å². The Morgan fingerprint density at radius 2 is 2.06 bits per heavy atom. The average Bonchev–Trinajstić information content (AvgIpc) is 2.87. The van der Waals surface area contributed by atoms with E-state index in [0.717, 1.165) is 18.2 Å². The number of thiophene rings is 1. The third kappa shape index (κ3) is 4.27. The molecule has 0 spiro atoms. The Balaban J connectivity index is 0.00000144. The molecule has 1 N–H and O–H groups in total. The van der Waals surface area contributed by atoms with Crippen LogP contribution in [0.15, 0.2) is 23.7 Å². The molecule has 0 aliphatic carbocycles. The van der Waals surface area contributed by atoms with E-state index in [4.69, 9.17) is 0 Å². The van der Waals surface area contributed by atoms with Crippen molar-refractivity contribution in [2.45, 2.75) is 13.1 Å². The number of nitrogens with one attached hydrogen (secondary N) is 1. The van der Waals surface area contributed by atoms with Gasteiger partial charge < -0.3 is 10.2 Å². The first-order valence-corrected chi connectivity index (χ1v) is 6.80. The molecule has 0 radical (unpaired) electrons. The fourth-order valence-corrected chi connectivity index (χ4v) is 2.78. The first-order chi connectivity index (χ1) is 7.75. The van der Waals surface area contributed by atoms with E-state index in [9.17, 15) is 0 Å². The molecule has 94 valence electrons. The van der Waals surface area contributed by atoms with Gasteiger partial charge in [0.05, 0.1) is 0 Å². The molecule has 2 rings (SSSR count). The lowest BCUT2D eigenvalue weighted by Gasteiger charge is -2.05. The molecule has 0 aliphatic rings. The number of hydrogen-bond donors (Lipinski definition) is 1. The molecule has 0 unspecified atom stereocenters. The van der Waals surface area contributed by atoms with E-state index in [1.807, 2.05) is 25.2 Å². The van der Waals surface area contributed by atoms with Gasteiger partial charge in [0.25, 0.3) is 0 Å². The van der Waals surface area contributed by atoms with E-state index in [2.05, 4.69) is 27.8 Å². The molecule has 0 bridgehead atoms. The Labute approximate surface area is 116 Å². The summed E-state index contributed by atoms with van der Waals surface area (Å²) in [5, 5.41) is 6.59. The minimum absolute atomic E-state index is 0. The van der Waals surface area contributed by atoms with Gasteiger partial charge in [0, 0.05) is 43.1 Å². The van der Waals surface area contributed by atoms with Crippen LogP contribution >= 0.6 is 35.1 Å². The van der Waals surface area contributed by atoms with Crippen LogP contribution in [0.25, 0.3) is 0 Å². The van der Waals surface area contributed by atoms with Gasteiger partial charge in [-0.15, -0.1) is 35.1 Å². The highest BCUT2D eigenvalue weighted by Crippen LogP contribution is 2.20. The van der Waals surface area contributed by atoms with E-state index in [0.29, 0.717) is 0 Å². The highest BCUT2D eigenvalue weighted by molar-refractivity contribution is 7.15. The van der Waals surface area contributed by atoms with E-state index in [1.165, 1.54) is 9.75 Å². The Bertz CT molecular complexity index is 426. The molecular weight excluding hydrogens is 274 g/mol. The Hall–Kier alpha value is -0.620. The monoisotopic (exact) mass is 289 g/mol. The number of rotatable bonds is 5. The van der Waals surface area contributed by atoms with Crippen LogP contribution in [-0.4, -0.2) is 19.1 Å². The molecule has 0 amide bonds. The SMILES string of the molecule is CN(C)c1ncc(CNCc2cccs2)s1.Cl. The van der Waals surface area contributed by atoms with Crippen LogP contribution in [-0.2, 0) is 13.1 Å². The van der Waals surface area contributed by atoms with Crippen LogP contribution in [0.5, 0.6) is 0 Å². The maximum absolute atomic E-state index is 4.34. The molecule has 2 heterocycles. The summed E-state index contributed by atoms with van der Waals surface area (Å²) in [4.78, 5) is 9.02. The Morgan fingerprint density at radius 1 is 1.29 bits per heavy atom. The second-order valence-corrected chi connectivity index (χ2v) is 5.81. The van der Waals surface area contributed by atoms with Crippen LogP contribution in [0.2, 0.25) is 0 Å². The zero-order chi connectivity index (χ0) is 11.4. The van der Waals surface area contributed by atoms with Crippen molar-refractivity contribution in [3.8, 4) is 0 Å². The third-order valence-electron chi connectivity index (χ3n) is 2.10. The number of nitrogens with zero attached hydrogens (tertiary/aromatic N) is 2. The van der Waals surface area contributed by atoms with Gasteiger partial charge >= 0.3 is 0 Å². The van der Waals surface area contributed by atoms with Crippen molar-refractivity contribution >= 4 is 40.2 Å². The highest BCUT2D eigenvalue weighted by atomic mass is 35.5. The van der Waals surface area contributed by atoms with Gasteiger partial charge in [0.2, 0.25) is 0 Å². The van der Waals surface area contributed by atoms with Crippen LogP contribution in [0.4, 0.5) is 5.13 Å². The van der Waals surface area contributed by atoms with Crippen molar-refractivity contribution in [3.05, 3.63) is 33.5 Å². The van der Waals surface area contributed by atoms with Gasteiger partial charge in [-0.05, 0) is 11.4 Å². The normalized spacial score (nSPS) is 10.0. The van der Waals surface area contributed by atoms with Crippen LogP contribution < -0.4 is 10.2 Å². The largest absolute Gasteiger partial charge is 0.354 e. The molecule has 0 aliphatic heterocycles. The van der Waals surface area contributed by atoms with Gasteiger partial charge in [-0.1, -0.05) is 6.07 Å². The van der Waals surface area contributed by atoms with E-state index in [1.54, 1.807) is 22.7 Å². The molecule has 0 atom stereocenters. The van der Waals surface area contributed by atoms with Crippen molar-refractivity contribution in [2.24, 2.45) is 0 Å². The number of hydrogen-bond acceptors (Lipinski definition) is 5. The smallest absolute Gasteiger partial charge is 0.185 e. The fourth-order valence-electron chi connectivity index (χ4n) is 1.31. The molecule has 17 heavy (non-hydrogen) atoms. The molecular formula is C11H16ClN3S2. The quantitative estimate of drug-likeness (QED) is 0.917. The van der Waals surface area contributed by atoms with Crippen molar-refractivity contribution in [1.29, 1.82) is 0 Å². The van der Waals surface area contributed by atoms with Gasteiger partial charge in [-0.3, -0.25) is 0 Å². The molecule has 0 saturated carbocycles. The van der Waals surface area contributed by atoms with Crippen LogP contribution in [0.1, 0.15) is 9.75 Å². The fraction of sp³-hybridized carbons (Fsp3) is 0.364. The average molecular weight is 290 g/mol. The number of anilines is 1. The molecule has 0 aromatic carbocycles. The van der Waals surface area contributed by atoms with E-state index >= 15 is 0 Å². The van der Waals surface area contributed by atoms with Crippen molar-refractivity contribution < 1.29 is 0 Å². The molecule has 3 nitrogen and oxygen atoms in total. The summed E-state index contributed by atoms with van der Waals surface area (Å²) in [6.07, 6.45) is 1.95. The predicted octanol–water partition coefficient (Wildman–Crippen LogP) is 2.98. The van der Waals surface area contributed by atoms with Gasteiger partial charge in [-0.25, -0.2) is 4.98 Å². The first-order valence-electron chi connectivity index (χ1n) is 5.11. The molecule has 0 fully saturated rings.